The Bertz CT molecular complexity index is 369. The highest BCUT2D eigenvalue weighted by molar-refractivity contribution is 5.14. The summed E-state index contributed by atoms with van der Waals surface area (Å²) < 4.78 is 0. The van der Waals surface area contributed by atoms with Gasteiger partial charge in [-0.1, -0.05) is 88.6 Å². The molecule has 0 fully saturated rings. The van der Waals surface area contributed by atoms with Crippen molar-refractivity contribution in [2.45, 2.75) is 83.5 Å². The van der Waals surface area contributed by atoms with Gasteiger partial charge in [-0.2, -0.15) is 0 Å². The fraction of sp³-hybridized carbons (Fsp3) is 0.700. The minimum atomic E-state index is -0.678. The molecule has 3 nitrogen and oxygen atoms in total. The lowest BCUT2D eigenvalue weighted by molar-refractivity contribution is 0.0138. The van der Waals surface area contributed by atoms with Crippen LogP contribution in [0.5, 0.6) is 0 Å². The zero-order chi connectivity index (χ0) is 16.8. The van der Waals surface area contributed by atoms with Gasteiger partial charge in [0.25, 0.3) is 0 Å². The molecule has 0 bridgehead atoms. The molecule has 1 rings (SSSR count). The highest BCUT2D eigenvalue weighted by Gasteiger charge is 2.15. The maximum atomic E-state index is 10.00. The van der Waals surface area contributed by atoms with Crippen LogP contribution in [0, 0.1) is 0 Å². The lowest BCUT2D eigenvalue weighted by Gasteiger charge is -2.18. The van der Waals surface area contributed by atoms with Gasteiger partial charge in [-0.05, 0) is 12.0 Å². The lowest BCUT2D eigenvalue weighted by atomic mass is 10.0. The number of rotatable bonds is 14. The summed E-state index contributed by atoms with van der Waals surface area (Å²) >= 11 is 0. The molecule has 0 aliphatic carbocycles. The average molecular weight is 322 g/mol. The predicted octanol–water partition coefficient (Wildman–Crippen LogP) is 4.03. The summed E-state index contributed by atoms with van der Waals surface area (Å²) in [7, 11) is 0. The van der Waals surface area contributed by atoms with Crippen molar-refractivity contribution in [3.8, 4) is 0 Å². The number of nitrogens with one attached hydrogen (secondary N) is 1. The standard InChI is InChI=1S/C20H35NO2/c1-2-3-4-5-6-7-8-12-15-19(22)20(23)17-21-16-18-13-10-9-11-14-18/h9-11,13-14,19-23H,2-8,12,15-17H2,1H3. The second-order valence-electron chi connectivity index (χ2n) is 6.51. The molecule has 1 aromatic carbocycles. The first-order chi connectivity index (χ1) is 11.2. The molecule has 2 unspecified atom stereocenters. The van der Waals surface area contributed by atoms with Gasteiger partial charge in [-0.3, -0.25) is 0 Å². The Kier molecular flexibility index (Phi) is 11.9. The molecule has 23 heavy (non-hydrogen) atoms. The zero-order valence-corrected chi connectivity index (χ0v) is 14.7. The molecule has 3 N–H and O–H groups in total. The van der Waals surface area contributed by atoms with Crippen LogP contribution in [0.3, 0.4) is 0 Å². The van der Waals surface area contributed by atoms with E-state index in [1.807, 2.05) is 18.2 Å². The van der Waals surface area contributed by atoms with Gasteiger partial charge in [-0.15, -0.1) is 0 Å². The fourth-order valence-corrected chi connectivity index (χ4v) is 2.78. The molecular weight excluding hydrogens is 286 g/mol. The Morgan fingerprint density at radius 2 is 1.43 bits per heavy atom. The summed E-state index contributed by atoms with van der Waals surface area (Å²) in [5.74, 6) is 0. The van der Waals surface area contributed by atoms with Crippen molar-refractivity contribution in [3.63, 3.8) is 0 Å². The molecule has 0 aromatic heterocycles. The Hall–Kier alpha value is -0.900. The molecule has 0 aliphatic heterocycles. The fourth-order valence-electron chi connectivity index (χ4n) is 2.78. The number of benzene rings is 1. The van der Waals surface area contributed by atoms with Crippen molar-refractivity contribution in [3.05, 3.63) is 35.9 Å². The van der Waals surface area contributed by atoms with Gasteiger partial charge in [0.05, 0.1) is 12.2 Å². The first-order valence-electron chi connectivity index (χ1n) is 9.34. The van der Waals surface area contributed by atoms with Crippen LogP contribution in [0.25, 0.3) is 0 Å². The summed E-state index contributed by atoms with van der Waals surface area (Å²) in [5.41, 5.74) is 1.19. The second kappa shape index (κ2) is 13.5. The molecule has 0 spiro atoms. The third kappa shape index (κ3) is 10.5. The molecule has 3 heteroatoms. The Balaban J connectivity index is 1.97. The summed E-state index contributed by atoms with van der Waals surface area (Å²) in [5, 5.41) is 23.2. The van der Waals surface area contributed by atoms with Gasteiger partial charge in [0.1, 0.15) is 0 Å². The van der Waals surface area contributed by atoms with Crippen LogP contribution in [0.15, 0.2) is 30.3 Å². The van der Waals surface area contributed by atoms with E-state index in [2.05, 4.69) is 24.4 Å². The summed E-state index contributed by atoms with van der Waals surface area (Å²) in [6.45, 7) is 3.40. The van der Waals surface area contributed by atoms with Crippen LogP contribution in [0.1, 0.15) is 70.3 Å². The van der Waals surface area contributed by atoms with E-state index in [-0.39, 0.29) is 0 Å². The molecule has 0 radical (unpaired) electrons. The number of hydrogen-bond acceptors (Lipinski definition) is 3. The topological polar surface area (TPSA) is 52.5 Å². The van der Waals surface area contributed by atoms with E-state index < -0.39 is 12.2 Å². The minimum Gasteiger partial charge on any atom is -0.390 e. The van der Waals surface area contributed by atoms with Crippen molar-refractivity contribution in [2.75, 3.05) is 6.54 Å². The molecule has 0 amide bonds. The second-order valence-corrected chi connectivity index (χ2v) is 6.51. The van der Waals surface area contributed by atoms with E-state index in [4.69, 9.17) is 0 Å². The molecule has 0 saturated heterocycles. The van der Waals surface area contributed by atoms with Crippen LogP contribution in [0.4, 0.5) is 0 Å². The summed E-state index contributed by atoms with van der Waals surface area (Å²) in [6, 6.07) is 10.1. The van der Waals surface area contributed by atoms with Crippen LogP contribution in [0.2, 0.25) is 0 Å². The van der Waals surface area contributed by atoms with E-state index in [1.165, 1.54) is 44.1 Å². The van der Waals surface area contributed by atoms with Gasteiger partial charge >= 0.3 is 0 Å². The van der Waals surface area contributed by atoms with E-state index in [0.717, 1.165) is 19.4 Å². The summed E-state index contributed by atoms with van der Waals surface area (Å²) in [4.78, 5) is 0. The maximum Gasteiger partial charge on any atom is 0.0923 e. The molecule has 0 saturated carbocycles. The van der Waals surface area contributed by atoms with Gasteiger partial charge in [0.15, 0.2) is 0 Å². The molecule has 0 heterocycles. The molecular formula is C20H35NO2. The molecule has 0 aliphatic rings. The van der Waals surface area contributed by atoms with Gasteiger partial charge < -0.3 is 15.5 Å². The van der Waals surface area contributed by atoms with Crippen molar-refractivity contribution in [1.82, 2.24) is 5.32 Å². The van der Waals surface area contributed by atoms with Gasteiger partial charge in [-0.25, -0.2) is 0 Å². The van der Waals surface area contributed by atoms with E-state index in [9.17, 15) is 10.2 Å². The Morgan fingerprint density at radius 3 is 2.09 bits per heavy atom. The van der Waals surface area contributed by atoms with Crippen molar-refractivity contribution >= 4 is 0 Å². The van der Waals surface area contributed by atoms with Crippen LogP contribution in [-0.2, 0) is 6.54 Å². The van der Waals surface area contributed by atoms with Gasteiger partial charge in [0, 0.05) is 13.1 Å². The Morgan fingerprint density at radius 1 is 0.826 bits per heavy atom. The van der Waals surface area contributed by atoms with Crippen molar-refractivity contribution in [1.29, 1.82) is 0 Å². The van der Waals surface area contributed by atoms with E-state index in [0.29, 0.717) is 13.0 Å². The van der Waals surface area contributed by atoms with E-state index in [1.54, 1.807) is 0 Å². The van der Waals surface area contributed by atoms with E-state index >= 15 is 0 Å². The Labute approximate surface area is 142 Å². The third-order valence-electron chi connectivity index (χ3n) is 4.32. The first kappa shape index (κ1) is 20.1. The summed E-state index contributed by atoms with van der Waals surface area (Å²) in [6.07, 6.45) is 9.45. The maximum absolute atomic E-state index is 10.00. The van der Waals surface area contributed by atoms with Crippen molar-refractivity contribution < 1.29 is 10.2 Å². The highest BCUT2D eigenvalue weighted by atomic mass is 16.3. The number of unbranched alkanes of at least 4 members (excludes halogenated alkanes) is 7. The number of aliphatic hydroxyl groups excluding tert-OH is 2. The normalized spacial score (nSPS) is 13.9. The highest BCUT2D eigenvalue weighted by Crippen LogP contribution is 2.11. The predicted molar refractivity (Wildman–Crippen MR) is 97.4 cm³/mol. The SMILES string of the molecule is CCCCCCCCCCC(O)C(O)CNCc1ccccc1. The number of aliphatic hydroxyl groups is 2. The first-order valence-corrected chi connectivity index (χ1v) is 9.34. The number of hydrogen-bond donors (Lipinski definition) is 3. The zero-order valence-electron chi connectivity index (χ0n) is 14.7. The molecule has 1 aromatic rings. The minimum absolute atomic E-state index is 0.438. The molecule has 132 valence electrons. The van der Waals surface area contributed by atoms with Crippen LogP contribution in [-0.4, -0.2) is 29.0 Å². The molecule has 2 atom stereocenters. The largest absolute Gasteiger partial charge is 0.390 e. The van der Waals surface area contributed by atoms with Crippen molar-refractivity contribution in [2.24, 2.45) is 0 Å². The monoisotopic (exact) mass is 321 g/mol. The third-order valence-corrected chi connectivity index (χ3v) is 4.32. The average Bonchev–Trinajstić information content (AvgIpc) is 2.58. The van der Waals surface area contributed by atoms with Crippen LogP contribution >= 0.6 is 0 Å². The lowest BCUT2D eigenvalue weighted by Crippen LogP contribution is -2.36. The smallest absolute Gasteiger partial charge is 0.0923 e. The quantitative estimate of drug-likeness (QED) is 0.453. The van der Waals surface area contributed by atoms with Gasteiger partial charge in [0.2, 0.25) is 0 Å². The van der Waals surface area contributed by atoms with Crippen LogP contribution < -0.4 is 5.32 Å².